The van der Waals surface area contributed by atoms with Crippen LogP contribution in [0.15, 0.2) is 0 Å². The van der Waals surface area contributed by atoms with Gasteiger partial charge in [0.05, 0.1) is 0 Å². The Morgan fingerprint density at radius 2 is 1.50 bits per heavy atom. The molecule has 0 bridgehead atoms. The molecule has 0 atom stereocenters. The quantitative estimate of drug-likeness (QED) is 0.568. The highest BCUT2D eigenvalue weighted by Gasteiger charge is 1.74. The average Bonchev–Trinajstić information content (AvgIpc) is 2.01. The predicted molar refractivity (Wildman–Crippen MR) is 44.3 cm³/mol. The van der Waals surface area contributed by atoms with E-state index in [0.29, 0.717) is 0 Å². The minimum atomic E-state index is 0.819. The van der Waals surface area contributed by atoms with Gasteiger partial charge in [-0.25, -0.2) is 0 Å². The minimum Gasteiger partial charge on any atom is -0.385 e. The van der Waals surface area contributed by atoms with Gasteiger partial charge in [-0.15, -0.1) is 0 Å². The van der Waals surface area contributed by atoms with Crippen LogP contribution in [0.2, 0.25) is 0 Å². The Bertz CT molecular complexity index is 32.2. The van der Waals surface area contributed by atoms with Gasteiger partial charge in [-0.05, 0) is 13.3 Å². The Morgan fingerprint density at radius 3 is 1.60 bits per heavy atom. The van der Waals surface area contributed by atoms with Crippen LogP contribution in [0.3, 0.4) is 0 Å². The van der Waals surface area contributed by atoms with E-state index in [1.807, 2.05) is 6.92 Å². The van der Waals surface area contributed by atoms with Gasteiger partial charge >= 0.3 is 0 Å². The van der Waals surface area contributed by atoms with Gasteiger partial charge in [-0.3, -0.25) is 0 Å². The van der Waals surface area contributed by atoms with Gasteiger partial charge < -0.3 is 9.47 Å². The van der Waals surface area contributed by atoms with Crippen molar-refractivity contribution in [2.24, 2.45) is 0 Å². The fourth-order valence-corrected chi connectivity index (χ4v) is 0.289. The molecule has 0 aromatic heterocycles. The molecule has 64 valence electrons. The van der Waals surface area contributed by atoms with E-state index in [4.69, 9.17) is 4.74 Å². The van der Waals surface area contributed by atoms with Crippen molar-refractivity contribution in [1.29, 1.82) is 0 Å². The van der Waals surface area contributed by atoms with E-state index in [2.05, 4.69) is 11.7 Å². The fraction of sp³-hybridized carbons (Fsp3) is 1.00. The summed E-state index contributed by atoms with van der Waals surface area (Å²) in [6.45, 7) is 5.84. The lowest BCUT2D eigenvalue weighted by Crippen LogP contribution is -1.84. The molecule has 0 amide bonds. The zero-order valence-corrected chi connectivity index (χ0v) is 7.64. The maximum Gasteiger partial charge on any atom is 0.0462 e. The molecule has 0 rings (SSSR count). The molecule has 2 heteroatoms. The molecule has 0 unspecified atom stereocenters. The average molecular weight is 148 g/mol. The van der Waals surface area contributed by atoms with Gasteiger partial charge in [-0.2, -0.15) is 0 Å². The molecule has 2 nitrogen and oxygen atoms in total. The van der Waals surface area contributed by atoms with Crippen LogP contribution in [0.1, 0.15) is 26.7 Å². The lowest BCUT2D eigenvalue weighted by Gasteiger charge is -1.89. The van der Waals surface area contributed by atoms with Gasteiger partial charge in [0.15, 0.2) is 0 Å². The minimum absolute atomic E-state index is 0.819. The van der Waals surface area contributed by atoms with Crippen LogP contribution in [0.4, 0.5) is 0 Å². The largest absolute Gasteiger partial charge is 0.385 e. The number of rotatable bonds is 4. The Labute approximate surface area is 64.5 Å². The first-order valence-electron chi connectivity index (χ1n) is 3.81. The normalized spacial score (nSPS) is 8.40. The Morgan fingerprint density at radius 1 is 1.00 bits per heavy atom. The predicted octanol–water partition coefficient (Wildman–Crippen LogP) is 2.09. The highest BCUT2D eigenvalue weighted by molar-refractivity contribution is 4.26. The van der Waals surface area contributed by atoms with Crippen LogP contribution in [0.5, 0.6) is 0 Å². The first-order chi connectivity index (χ1) is 4.83. The molecule has 0 saturated carbocycles. The van der Waals surface area contributed by atoms with Crippen LogP contribution in [0.25, 0.3) is 0 Å². The first-order valence-corrected chi connectivity index (χ1v) is 3.81. The third-order valence-corrected chi connectivity index (χ3v) is 0.991. The van der Waals surface area contributed by atoms with E-state index in [9.17, 15) is 0 Å². The number of methoxy groups -OCH3 is 2. The molecule has 0 aliphatic rings. The smallest absolute Gasteiger partial charge is 0.0462 e. The van der Waals surface area contributed by atoms with Crippen molar-refractivity contribution >= 4 is 0 Å². The monoisotopic (exact) mass is 148 g/mol. The lowest BCUT2D eigenvalue weighted by molar-refractivity contribution is 0.194. The fourth-order valence-electron chi connectivity index (χ4n) is 0.289. The zero-order chi connectivity index (χ0) is 8.24. The van der Waals surface area contributed by atoms with Gasteiger partial charge in [0, 0.05) is 27.4 Å². The van der Waals surface area contributed by atoms with Crippen molar-refractivity contribution in [3.8, 4) is 0 Å². The van der Waals surface area contributed by atoms with Gasteiger partial charge in [0.1, 0.15) is 0 Å². The topological polar surface area (TPSA) is 18.5 Å². The third-order valence-electron chi connectivity index (χ3n) is 0.991. The standard InChI is InChI=1S/C5H12O.C3H8O/c1-3-4-5-6-2;1-3-4-2/h3-5H2,1-2H3;3H2,1-2H3. The van der Waals surface area contributed by atoms with Crippen molar-refractivity contribution in [2.75, 3.05) is 27.4 Å². The molecule has 0 radical (unpaired) electrons. The van der Waals surface area contributed by atoms with Crippen LogP contribution in [-0.2, 0) is 9.47 Å². The van der Waals surface area contributed by atoms with Crippen molar-refractivity contribution in [3.05, 3.63) is 0 Å². The molecule has 0 fully saturated rings. The van der Waals surface area contributed by atoms with Crippen LogP contribution in [0, 0.1) is 0 Å². The zero-order valence-electron chi connectivity index (χ0n) is 7.64. The van der Waals surface area contributed by atoms with E-state index in [0.717, 1.165) is 13.2 Å². The molecule has 0 aromatic rings. The van der Waals surface area contributed by atoms with E-state index < -0.39 is 0 Å². The number of hydrogen-bond acceptors (Lipinski definition) is 2. The molecule has 0 saturated heterocycles. The summed E-state index contributed by atoms with van der Waals surface area (Å²) in [6.07, 6.45) is 2.42. The molecule has 10 heavy (non-hydrogen) atoms. The summed E-state index contributed by atoms with van der Waals surface area (Å²) < 4.78 is 9.32. The SMILES string of the molecule is CCCCOC.CCOC. The van der Waals surface area contributed by atoms with Crippen LogP contribution >= 0.6 is 0 Å². The Kier molecular flexibility index (Phi) is 20.1. The summed E-state index contributed by atoms with van der Waals surface area (Å²) in [6, 6.07) is 0. The molecule has 0 spiro atoms. The second-order valence-corrected chi connectivity index (χ2v) is 1.92. The summed E-state index contributed by atoms with van der Waals surface area (Å²) >= 11 is 0. The molecular formula is C8H20O2. The van der Waals surface area contributed by atoms with Crippen LogP contribution in [-0.4, -0.2) is 27.4 Å². The molecule has 0 aromatic carbocycles. The Hall–Kier alpha value is -0.0800. The van der Waals surface area contributed by atoms with Crippen molar-refractivity contribution in [3.63, 3.8) is 0 Å². The highest BCUT2D eigenvalue weighted by Crippen LogP contribution is 1.83. The number of unbranched alkanes of at least 4 members (excludes halogenated alkanes) is 1. The Balaban J connectivity index is 0. The molecule has 0 aliphatic heterocycles. The summed E-state index contributed by atoms with van der Waals surface area (Å²) in [5.41, 5.74) is 0. The maximum absolute atomic E-state index is 4.78. The van der Waals surface area contributed by atoms with E-state index in [-0.39, 0.29) is 0 Å². The molecule has 0 heterocycles. The van der Waals surface area contributed by atoms with Crippen molar-refractivity contribution < 1.29 is 9.47 Å². The van der Waals surface area contributed by atoms with Crippen molar-refractivity contribution in [2.45, 2.75) is 26.7 Å². The lowest BCUT2D eigenvalue weighted by atomic mass is 10.4. The summed E-state index contributed by atoms with van der Waals surface area (Å²) in [7, 11) is 3.41. The summed E-state index contributed by atoms with van der Waals surface area (Å²) in [5.74, 6) is 0. The van der Waals surface area contributed by atoms with E-state index >= 15 is 0 Å². The third kappa shape index (κ3) is 24.7. The van der Waals surface area contributed by atoms with E-state index in [1.54, 1.807) is 14.2 Å². The highest BCUT2D eigenvalue weighted by atomic mass is 16.5. The summed E-state index contributed by atoms with van der Waals surface area (Å²) in [5, 5.41) is 0. The molecule has 0 aliphatic carbocycles. The van der Waals surface area contributed by atoms with Crippen molar-refractivity contribution in [1.82, 2.24) is 0 Å². The second-order valence-electron chi connectivity index (χ2n) is 1.92. The van der Waals surface area contributed by atoms with Crippen LogP contribution < -0.4 is 0 Å². The second kappa shape index (κ2) is 16.0. The number of ether oxygens (including phenoxy) is 2. The van der Waals surface area contributed by atoms with Gasteiger partial charge in [-0.1, -0.05) is 13.3 Å². The first kappa shape index (κ1) is 12.6. The molecular weight excluding hydrogens is 128 g/mol. The van der Waals surface area contributed by atoms with Gasteiger partial charge in [0.2, 0.25) is 0 Å². The summed E-state index contributed by atoms with van der Waals surface area (Å²) in [4.78, 5) is 0. The van der Waals surface area contributed by atoms with E-state index in [1.165, 1.54) is 12.8 Å². The maximum atomic E-state index is 4.78. The molecule has 0 N–H and O–H groups in total. The number of hydrogen-bond donors (Lipinski definition) is 0. The van der Waals surface area contributed by atoms with Gasteiger partial charge in [0.25, 0.3) is 0 Å².